The van der Waals surface area contributed by atoms with Crippen molar-refractivity contribution in [1.29, 1.82) is 0 Å². The van der Waals surface area contributed by atoms with Gasteiger partial charge in [-0.25, -0.2) is 0 Å². The second kappa shape index (κ2) is 7.07. The summed E-state index contributed by atoms with van der Waals surface area (Å²) in [7, 11) is 0. The molecule has 0 aromatic heterocycles. The number of hydrogen-bond donors (Lipinski definition) is 0. The monoisotopic (exact) mass is 287 g/mol. The predicted octanol–water partition coefficient (Wildman–Crippen LogP) is 3.70. The van der Waals surface area contributed by atoms with E-state index < -0.39 is 30.3 Å². The van der Waals surface area contributed by atoms with Gasteiger partial charge in [0.25, 0.3) is 0 Å². The number of halogens is 3. The Morgan fingerprint density at radius 2 is 1.90 bits per heavy atom. The lowest BCUT2D eigenvalue weighted by Gasteiger charge is -2.14. The van der Waals surface area contributed by atoms with Gasteiger partial charge in [0, 0.05) is 0 Å². The Kier molecular flexibility index (Phi) is 5.73. The minimum absolute atomic E-state index is 0.0399. The fourth-order valence-corrected chi connectivity index (χ4v) is 1.61. The number of carbonyl (C=O) groups is 1. The Bertz CT molecular complexity index is 469. The molecular weight excluding hydrogens is 271 g/mol. The van der Waals surface area contributed by atoms with Crippen molar-refractivity contribution in [1.82, 2.24) is 0 Å². The number of benzene rings is 1. The van der Waals surface area contributed by atoms with Crippen LogP contribution in [0, 0.1) is 0 Å². The lowest BCUT2D eigenvalue weighted by molar-refractivity contribution is -0.142. The molecule has 0 fully saturated rings. The van der Waals surface area contributed by atoms with Gasteiger partial charge in [-0.1, -0.05) is 30.3 Å². The number of aliphatic imine (C=N–C) groups is 1. The minimum atomic E-state index is -4.64. The van der Waals surface area contributed by atoms with Crippen molar-refractivity contribution in [2.45, 2.75) is 32.5 Å². The van der Waals surface area contributed by atoms with Gasteiger partial charge in [0.15, 0.2) is 0 Å². The Morgan fingerprint density at radius 3 is 2.40 bits per heavy atom. The number of rotatable bonds is 5. The summed E-state index contributed by atoms with van der Waals surface area (Å²) >= 11 is 0. The summed E-state index contributed by atoms with van der Waals surface area (Å²) in [5.41, 5.74) is -0.467. The maximum atomic E-state index is 12.9. The van der Waals surface area contributed by atoms with Crippen molar-refractivity contribution in [3.63, 3.8) is 0 Å². The van der Waals surface area contributed by atoms with E-state index in [1.807, 2.05) is 0 Å². The van der Waals surface area contributed by atoms with E-state index in [1.54, 1.807) is 37.3 Å². The van der Waals surface area contributed by atoms with Crippen LogP contribution in [-0.2, 0) is 9.53 Å². The summed E-state index contributed by atoms with van der Waals surface area (Å²) in [6.45, 7) is 3.12. The molecule has 1 atom stereocenters. The molecule has 1 aromatic carbocycles. The Labute approximate surface area is 115 Å². The molecule has 0 aliphatic carbocycles. The van der Waals surface area contributed by atoms with Crippen LogP contribution in [-0.4, -0.2) is 24.5 Å². The molecule has 0 aliphatic heterocycles. The maximum absolute atomic E-state index is 12.9. The average Bonchev–Trinajstić information content (AvgIpc) is 2.38. The average molecular weight is 287 g/mol. The molecule has 1 rings (SSSR count). The van der Waals surface area contributed by atoms with Crippen molar-refractivity contribution in [2.75, 3.05) is 6.61 Å². The number of nitrogens with zero attached hydrogens (tertiary/aromatic N) is 1. The van der Waals surface area contributed by atoms with Gasteiger partial charge in [-0.2, -0.15) is 13.2 Å². The van der Waals surface area contributed by atoms with Crippen LogP contribution in [0.4, 0.5) is 13.2 Å². The second-order valence-corrected chi connectivity index (χ2v) is 4.14. The zero-order valence-corrected chi connectivity index (χ0v) is 11.3. The first-order valence-electron chi connectivity index (χ1n) is 6.19. The van der Waals surface area contributed by atoms with Gasteiger partial charge >= 0.3 is 12.1 Å². The largest absolute Gasteiger partial charge is 0.466 e. The normalized spacial score (nSPS) is 13.9. The van der Waals surface area contributed by atoms with Gasteiger partial charge in [-0.05, 0) is 19.4 Å². The van der Waals surface area contributed by atoms with Crippen LogP contribution in [0.15, 0.2) is 35.3 Å². The smallest absolute Gasteiger partial charge is 0.429 e. The lowest BCUT2D eigenvalue weighted by atomic mass is 10.1. The third kappa shape index (κ3) is 5.03. The number of hydrogen-bond acceptors (Lipinski definition) is 3. The first-order chi connectivity index (χ1) is 9.34. The van der Waals surface area contributed by atoms with Crippen molar-refractivity contribution in [3.8, 4) is 0 Å². The summed E-state index contributed by atoms with van der Waals surface area (Å²) in [5, 5.41) is 0. The second-order valence-electron chi connectivity index (χ2n) is 4.14. The van der Waals surface area contributed by atoms with Gasteiger partial charge in [0.2, 0.25) is 0 Å². The van der Waals surface area contributed by atoms with E-state index in [2.05, 4.69) is 9.73 Å². The van der Waals surface area contributed by atoms with Crippen molar-refractivity contribution >= 4 is 11.7 Å². The van der Waals surface area contributed by atoms with Crippen LogP contribution in [0.25, 0.3) is 0 Å². The summed E-state index contributed by atoms with van der Waals surface area (Å²) in [6, 6.07) is 7.91. The molecule has 0 heterocycles. The fraction of sp³-hybridized carbons (Fsp3) is 0.429. The lowest BCUT2D eigenvalue weighted by Crippen LogP contribution is -2.27. The Morgan fingerprint density at radius 1 is 1.30 bits per heavy atom. The molecule has 0 saturated carbocycles. The third-order valence-corrected chi connectivity index (χ3v) is 2.58. The zero-order chi connectivity index (χ0) is 15.2. The van der Waals surface area contributed by atoms with E-state index in [9.17, 15) is 18.0 Å². The van der Waals surface area contributed by atoms with Gasteiger partial charge in [-0.15, -0.1) is 0 Å². The van der Waals surface area contributed by atoms with Gasteiger partial charge in [-0.3, -0.25) is 9.79 Å². The van der Waals surface area contributed by atoms with Gasteiger partial charge < -0.3 is 4.74 Å². The molecule has 0 aliphatic rings. The summed E-state index contributed by atoms with van der Waals surface area (Å²) in [4.78, 5) is 14.8. The highest BCUT2D eigenvalue weighted by Crippen LogP contribution is 2.24. The first kappa shape index (κ1) is 16.2. The highest BCUT2D eigenvalue weighted by atomic mass is 19.4. The summed E-state index contributed by atoms with van der Waals surface area (Å²) in [6.07, 6.45) is -5.51. The molecule has 3 nitrogen and oxygen atoms in total. The first-order valence-corrected chi connectivity index (χ1v) is 6.19. The van der Waals surface area contributed by atoms with Gasteiger partial charge in [0.05, 0.1) is 19.1 Å². The van der Waals surface area contributed by atoms with Crippen LogP contribution in [0.1, 0.15) is 31.9 Å². The van der Waals surface area contributed by atoms with E-state index in [4.69, 9.17) is 0 Å². The quantitative estimate of drug-likeness (QED) is 0.611. The van der Waals surface area contributed by atoms with Crippen molar-refractivity contribution in [3.05, 3.63) is 35.9 Å². The highest BCUT2D eigenvalue weighted by molar-refractivity contribution is 6.02. The summed E-state index contributed by atoms with van der Waals surface area (Å²) < 4.78 is 43.1. The molecule has 6 heteroatoms. The van der Waals surface area contributed by atoms with Gasteiger partial charge in [0.1, 0.15) is 5.71 Å². The van der Waals surface area contributed by atoms with Crippen LogP contribution in [0.3, 0.4) is 0 Å². The molecule has 0 amide bonds. The molecule has 0 N–H and O–H groups in total. The van der Waals surface area contributed by atoms with Crippen LogP contribution in [0.5, 0.6) is 0 Å². The maximum Gasteiger partial charge on any atom is 0.429 e. The van der Waals surface area contributed by atoms with E-state index >= 15 is 0 Å². The van der Waals surface area contributed by atoms with Crippen molar-refractivity contribution < 1.29 is 22.7 Å². The highest BCUT2D eigenvalue weighted by Gasteiger charge is 2.37. The third-order valence-electron chi connectivity index (χ3n) is 2.58. The molecule has 0 spiro atoms. The fourth-order valence-electron chi connectivity index (χ4n) is 1.61. The predicted molar refractivity (Wildman–Crippen MR) is 69.6 cm³/mol. The molecule has 110 valence electrons. The standard InChI is InChI=1S/C14H16F3NO2/c1-3-20-13(19)9-12(14(15,16)17)18-10(2)11-7-5-4-6-8-11/h4-8,10H,3,9H2,1-2H3/t10-/m0/s1. The Hall–Kier alpha value is -1.85. The van der Waals surface area contributed by atoms with Crippen LogP contribution < -0.4 is 0 Å². The SMILES string of the molecule is CCOC(=O)CC(=N[C@@H](C)c1ccccc1)C(F)(F)F. The molecule has 1 aromatic rings. The van der Waals surface area contributed by atoms with Crippen molar-refractivity contribution in [2.24, 2.45) is 4.99 Å². The molecule has 0 radical (unpaired) electrons. The zero-order valence-electron chi connectivity index (χ0n) is 11.3. The molecule has 20 heavy (non-hydrogen) atoms. The molecule has 0 saturated heterocycles. The number of carbonyl (C=O) groups excluding carboxylic acids is 1. The minimum Gasteiger partial charge on any atom is -0.466 e. The number of alkyl halides is 3. The summed E-state index contributed by atoms with van der Waals surface area (Å²) in [5.74, 6) is -0.927. The van der Waals surface area contributed by atoms with E-state index in [0.717, 1.165) is 0 Å². The van der Waals surface area contributed by atoms with E-state index in [0.29, 0.717) is 5.56 Å². The van der Waals surface area contributed by atoms with Crippen LogP contribution >= 0.6 is 0 Å². The van der Waals surface area contributed by atoms with E-state index in [-0.39, 0.29) is 6.61 Å². The van der Waals surface area contributed by atoms with E-state index in [1.165, 1.54) is 6.92 Å². The molecular formula is C14H16F3NO2. The Balaban J connectivity index is 2.93. The van der Waals surface area contributed by atoms with Crippen LogP contribution in [0.2, 0.25) is 0 Å². The number of ether oxygens (including phenoxy) is 1. The number of esters is 1. The molecule has 0 unspecified atom stereocenters. The molecule has 0 bridgehead atoms. The topological polar surface area (TPSA) is 38.7 Å².